The summed E-state index contributed by atoms with van der Waals surface area (Å²) < 4.78 is 13.0. The third-order valence-corrected chi connectivity index (χ3v) is 9.66. The van der Waals surface area contributed by atoms with Gasteiger partial charge in [0.05, 0.1) is 52.4 Å². The number of rotatable bonds is 14. The number of para-hydroxylation sites is 1. The minimum Gasteiger partial charge on any atom is -0.626 e. The molecule has 0 saturated carbocycles. The fourth-order valence-corrected chi connectivity index (χ4v) is 7.10. The summed E-state index contributed by atoms with van der Waals surface area (Å²) in [5.74, 6) is -0.233. The Bertz CT molecular complexity index is 2340. The number of fused-ring (bicyclic) bond motifs is 2. The highest BCUT2D eigenvalue weighted by atomic mass is 16.5. The number of benzene rings is 2. The van der Waals surface area contributed by atoms with Crippen LogP contribution in [0.4, 0.5) is 11.9 Å². The largest absolute Gasteiger partial charge is 0.626 e. The van der Waals surface area contributed by atoms with Crippen LogP contribution in [0.2, 0.25) is 0 Å². The average Bonchev–Trinajstić information content (AvgIpc) is 3.92. The van der Waals surface area contributed by atoms with Crippen LogP contribution in [-0.2, 0) is 44.0 Å². The van der Waals surface area contributed by atoms with Crippen LogP contribution in [0.1, 0.15) is 57.3 Å². The van der Waals surface area contributed by atoms with Crippen molar-refractivity contribution in [3.8, 4) is 0 Å². The van der Waals surface area contributed by atoms with Gasteiger partial charge in [0.25, 0.3) is 5.91 Å². The zero-order valence-electron chi connectivity index (χ0n) is 31.1. The van der Waals surface area contributed by atoms with Crippen LogP contribution in [0, 0.1) is 19.1 Å². The molecule has 1 aliphatic heterocycles. The quantitative estimate of drug-likeness (QED) is 0.112. The number of aryl methyl sites for hydroxylation is 4. The summed E-state index contributed by atoms with van der Waals surface area (Å²) in [6.45, 7) is 13.5. The summed E-state index contributed by atoms with van der Waals surface area (Å²) >= 11 is 0. The van der Waals surface area contributed by atoms with Gasteiger partial charge in [-0.2, -0.15) is 15.2 Å². The number of nitrogens with two attached hydrogens (primary N) is 1. The number of imidazole rings is 2. The summed E-state index contributed by atoms with van der Waals surface area (Å²) in [6.07, 6.45) is 3.97. The van der Waals surface area contributed by atoms with Gasteiger partial charge in [0.2, 0.25) is 11.9 Å². The number of anilines is 1. The predicted molar refractivity (Wildman–Crippen MR) is 204 cm³/mol. The lowest BCUT2D eigenvalue weighted by Crippen LogP contribution is -3.01. The normalized spacial score (nSPS) is 14.5. The summed E-state index contributed by atoms with van der Waals surface area (Å²) in [4.78, 5) is 37.4. The lowest BCUT2D eigenvalue weighted by atomic mass is 10.1. The summed E-state index contributed by atoms with van der Waals surface area (Å²) in [7, 11) is 0. The van der Waals surface area contributed by atoms with E-state index in [-0.39, 0.29) is 17.5 Å². The van der Waals surface area contributed by atoms with E-state index >= 15 is 0 Å². The number of hydrogen-bond acceptors (Lipinski definition) is 9. The van der Waals surface area contributed by atoms with E-state index in [1.807, 2.05) is 71.9 Å². The Hall–Kier alpha value is -5.68. The van der Waals surface area contributed by atoms with Crippen LogP contribution >= 0.6 is 0 Å². The number of morpholine rings is 1. The van der Waals surface area contributed by atoms with E-state index in [4.69, 9.17) is 20.4 Å². The fourth-order valence-electron chi connectivity index (χ4n) is 7.10. The molecule has 0 aliphatic carbocycles. The van der Waals surface area contributed by atoms with Crippen molar-refractivity contribution in [2.45, 2.75) is 67.0 Å². The Morgan fingerprint density at radius 3 is 2.39 bits per heavy atom. The van der Waals surface area contributed by atoms with Crippen molar-refractivity contribution >= 4 is 45.8 Å². The van der Waals surface area contributed by atoms with E-state index in [0.717, 1.165) is 46.8 Å². The van der Waals surface area contributed by atoms with Crippen molar-refractivity contribution in [2.75, 3.05) is 31.6 Å². The summed E-state index contributed by atoms with van der Waals surface area (Å²) in [5.41, 5.74) is 12.7. The molecular weight excluding hydrogens is 688 g/mol. The van der Waals surface area contributed by atoms with Crippen molar-refractivity contribution < 1.29 is 19.4 Å². The number of amides is 2. The van der Waals surface area contributed by atoms with Crippen molar-refractivity contribution in [3.05, 3.63) is 99.8 Å². The second-order valence-electron chi connectivity index (χ2n) is 13.4. The first-order valence-electron chi connectivity index (χ1n) is 18.3. The second-order valence-corrected chi connectivity index (χ2v) is 13.4. The molecule has 4 N–H and O–H groups in total. The van der Waals surface area contributed by atoms with Crippen LogP contribution < -0.4 is 16.1 Å². The van der Waals surface area contributed by atoms with Crippen molar-refractivity contribution in [3.63, 3.8) is 0 Å². The number of aromatic nitrogens is 8. The van der Waals surface area contributed by atoms with Crippen LogP contribution in [0.15, 0.2) is 60.7 Å². The monoisotopic (exact) mass is 734 g/mol. The number of hydrogen-bond donors (Lipinski definition) is 3. The molecule has 16 nitrogen and oxygen atoms in total. The van der Waals surface area contributed by atoms with Crippen molar-refractivity contribution in [1.29, 1.82) is 0 Å². The van der Waals surface area contributed by atoms with Gasteiger partial charge in [0, 0.05) is 51.4 Å². The highest BCUT2D eigenvalue weighted by Crippen LogP contribution is 2.25. The first-order valence-corrected chi connectivity index (χ1v) is 18.3. The SMILES string of the molecule is CCn1nc(C)cc1C[NH+]([O-])c1nc2cccc(CN3CCOCC3)c2n1C/C=C/Cn1c(NC(=O)c2cc(C)nn2CC)nc2cc(C(N)=O)ccc21. The minimum absolute atomic E-state index is 0.0936. The first-order chi connectivity index (χ1) is 26.1. The third kappa shape index (κ3) is 7.54. The lowest BCUT2D eigenvalue weighted by Gasteiger charge is -2.27. The summed E-state index contributed by atoms with van der Waals surface area (Å²) in [6, 6.07) is 14.8. The van der Waals surface area contributed by atoms with E-state index in [1.54, 1.807) is 28.9 Å². The molecule has 7 rings (SSSR count). The number of carbonyl (C=O) groups excluding carboxylic acids is 2. The molecule has 54 heavy (non-hydrogen) atoms. The molecule has 2 aromatic carbocycles. The van der Waals surface area contributed by atoms with Gasteiger partial charge in [-0.1, -0.05) is 24.3 Å². The standard InChI is InChI=1S/C38H46N12O4/c1-5-48-29(20-25(3)43-48)24-50(53)38-41-30-11-9-10-28(23-45-16-18-54-19-17-45)34(30)47(38)15-8-7-14-46-32-13-12-27(35(39)51)22-31(32)40-37(46)42-36(52)33-21-26(4)44-49(33)6-2/h7-13,20-22,50H,5-6,14-19,23-24H2,1-4H3,(H2,39,51)(H,40,42,52)/b8-7+. The van der Waals surface area contributed by atoms with E-state index in [9.17, 15) is 14.8 Å². The lowest BCUT2D eigenvalue weighted by molar-refractivity contribution is -0.798. The molecule has 1 fully saturated rings. The predicted octanol–water partition coefficient (Wildman–Crippen LogP) is 3.09. The molecule has 1 unspecified atom stereocenters. The molecular formula is C38H46N12O4. The number of ether oxygens (including phenoxy) is 1. The Morgan fingerprint density at radius 1 is 0.926 bits per heavy atom. The zero-order chi connectivity index (χ0) is 37.9. The minimum atomic E-state index is -0.570. The molecule has 1 atom stereocenters. The molecule has 2 amide bonds. The van der Waals surface area contributed by atoms with Gasteiger partial charge in [-0.25, -0.2) is 4.98 Å². The number of nitrogens with zero attached hydrogens (tertiary/aromatic N) is 9. The van der Waals surface area contributed by atoms with Gasteiger partial charge in [0.1, 0.15) is 12.2 Å². The topological polar surface area (TPSA) is 183 Å². The molecule has 0 bridgehead atoms. The number of carbonyl (C=O) groups is 2. The zero-order valence-corrected chi connectivity index (χ0v) is 31.1. The highest BCUT2D eigenvalue weighted by Gasteiger charge is 2.23. The van der Waals surface area contributed by atoms with Crippen molar-refractivity contribution in [2.24, 2.45) is 5.73 Å². The van der Waals surface area contributed by atoms with Crippen LogP contribution in [0.5, 0.6) is 0 Å². The van der Waals surface area contributed by atoms with E-state index in [2.05, 4.69) is 26.5 Å². The van der Waals surface area contributed by atoms with Crippen LogP contribution in [0.3, 0.4) is 0 Å². The Balaban J connectivity index is 1.22. The second kappa shape index (κ2) is 15.7. The fraction of sp³-hybridized carbons (Fsp3) is 0.368. The van der Waals surface area contributed by atoms with Gasteiger partial charge in [0.15, 0.2) is 0 Å². The smallest absolute Gasteiger partial charge is 0.309 e. The molecule has 6 aromatic rings. The molecule has 282 valence electrons. The molecule has 16 heteroatoms. The highest BCUT2D eigenvalue weighted by molar-refractivity contribution is 6.03. The van der Waals surface area contributed by atoms with Gasteiger partial charge >= 0.3 is 5.95 Å². The summed E-state index contributed by atoms with van der Waals surface area (Å²) in [5, 5.41) is 25.9. The number of nitrogens with one attached hydrogen (secondary N) is 2. The Labute approximate surface area is 312 Å². The molecule has 0 spiro atoms. The maximum absolute atomic E-state index is 14.1. The molecule has 0 radical (unpaired) electrons. The van der Waals surface area contributed by atoms with Gasteiger partial charge in [-0.05, 0) is 69.7 Å². The van der Waals surface area contributed by atoms with E-state index < -0.39 is 5.91 Å². The first kappa shape index (κ1) is 36.7. The number of primary amides is 1. The average molecular weight is 735 g/mol. The molecule has 1 saturated heterocycles. The number of hydroxylamine groups is 1. The number of allylic oxidation sites excluding steroid dienone is 2. The van der Waals surface area contributed by atoms with E-state index in [0.29, 0.717) is 80.1 Å². The van der Waals surface area contributed by atoms with E-state index in [1.165, 1.54) is 0 Å². The number of quaternary nitrogens is 1. The molecule has 1 aliphatic rings. The van der Waals surface area contributed by atoms with Crippen molar-refractivity contribution in [1.82, 2.24) is 43.6 Å². The van der Waals surface area contributed by atoms with Gasteiger partial charge in [-0.15, -0.1) is 0 Å². The van der Waals surface area contributed by atoms with Crippen LogP contribution in [0.25, 0.3) is 22.1 Å². The van der Waals surface area contributed by atoms with Gasteiger partial charge < -0.3 is 25.3 Å². The van der Waals surface area contributed by atoms with Crippen LogP contribution in [-0.4, -0.2) is 81.7 Å². The maximum Gasteiger partial charge on any atom is 0.309 e. The Morgan fingerprint density at radius 2 is 1.65 bits per heavy atom. The van der Waals surface area contributed by atoms with Gasteiger partial charge in [-0.3, -0.25) is 33.7 Å². The Kier molecular flexibility index (Phi) is 10.7. The third-order valence-electron chi connectivity index (χ3n) is 9.66. The molecule has 5 heterocycles. The maximum atomic E-state index is 14.1. The molecule has 4 aromatic heterocycles.